The van der Waals surface area contributed by atoms with Gasteiger partial charge in [0, 0.05) is 17.7 Å². The third kappa shape index (κ3) is 7.70. The van der Waals surface area contributed by atoms with E-state index in [1.165, 1.54) is 19.2 Å². The van der Waals surface area contributed by atoms with Crippen LogP contribution in [0.4, 0.5) is 0 Å². The van der Waals surface area contributed by atoms with Crippen LogP contribution in [-0.4, -0.2) is 185 Å². The van der Waals surface area contributed by atoms with Crippen molar-refractivity contribution in [1.29, 1.82) is 0 Å². The number of methoxy groups -OCH3 is 1. The third-order valence-corrected chi connectivity index (χ3v) is 9.61. The van der Waals surface area contributed by atoms with Gasteiger partial charge in [0.2, 0.25) is 30.0 Å². The molecule has 13 N–H and O–H groups in total. The Morgan fingerprint density at radius 3 is 1.52 bits per heavy atom. The molecule has 3 aliphatic heterocycles. The number of hydrogen-bond acceptors (Lipinski definition) is 22. The molecule has 0 amide bonds. The van der Waals surface area contributed by atoms with E-state index < -0.39 is 146 Å². The average molecular weight is 803 g/mol. The summed E-state index contributed by atoms with van der Waals surface area (Å²) in [4.78, 5) is 14.1. The van der Waals surface area contributed by atoms with Crippen LogP contribution in [-0.2, 0) is 14.2 Å². The molecule has 0 spiro atoms. The Balaban J connectivity index is 1.50. The molecule has 56 heavy (non-hydrogen) atoms. The second-order valence-corrected chi connectivity index (χ2v) is 13.2. The second kappa shape index (κ2) is 16.9. The maximum atomic E-state index is 14.1. The van der Waals surface area contributed by atoms with E-state index in [2.05, 4.69) is 0 Å². The van der Waals surface area contributed by atoms with Crippen LogP contribution in [0, 0.1) is 0 Å². The molecule has 0 bridgehead atoms. The molecule has 2 aromatic carbocycles. The van der Waals surface area contributed by atoms with E-state index in [4.69, 9.17) is 37.6 Å². The van der Waals surface area contributed by atoms with Crippen molar-refractivity contribution in [3.63, 3.8) is 0 Å². The highest BCUT2D eigenvalue weighted by Gasteiger charge is 2.48. The summed E-state index contributed by atoms with van der Waals surface area (Å²) in [6, 6.07) is 5.74. The van der Waals surface area contributed by atoms with Gasteiger partial charge in [-0.15, -0.1) is 0 Å². The Kier molecular flexibility index (Phi) is 12.6. The molecule has 3 saturated heterocycles. The van der Waals surface area contributed by atoms with Crippen molar-refractivity contribution >= 4 is 11.0 Å². The number of aromatic hydroxyl groups is 1. The minimum absolute atomic E-state index is 0.0432. The Labute approximate surface area is 314 Å². The summed E-state index contributed by atoms with van der Waals surface area (Å²) in [7, 11) is 1.27. The highest BCUT2D eigenvalue weighted by Crippen LogP contribution is 2.42. The molecular formula is C34H42O22. The minimum atomic E-state index is -2.01. The fourth-order valence-corrected chi connectivity index (χ4v) is 6.37. The predicted molar refractivity (Wildman–Crippen MR) is 179 cm³/mol. The zero-order valence-corrected chi connectivity index (χ0v) is 29.2. The highest BCUT2D eigenvalue weighted by molar-refractivity contribution is 5.88. The molecule has 0 unspecified atom stereocenters. The first-order valence-electron chi connectivity index (χ1n) is 17.1. The second-order valence-electron chi connectivity index (χ2n) is 13.2. The van der Waals surface area contributed by atoms with Crippen LogP contribution < -0.4 is 24.4 Å². The fraction of sp³-hybridized carbons (Fsp3) is 0.559. The minimum Gasteiger partial charge on any atom is -0.507 e. The highest BCUT2D eigenvalue weighted by atomic mass is 16.7. The Bertz CT molecular complexity index is 1880. The summed E-state index contributed by atoms with van der Waals surface area (Å²) in [6.07, 6.45) is -26.9. The Morgan fingerprint density at radius 1 is 0.589 bits per heavy atom. The lowest BCUT2D eigenvalue weighted by molar-refractivity contribution is -0.282. The van der Waals surface area contributed by atoms with Gasteiger partial charge in [0.1, 0.15) is 95.7 Å². The molecule has 1 aromatic heterocycles. The van der Waals surface area contributed by atoms with Gasteiger partial charge in [0.25, 0.3) is 0 Å². The van der Waals surface area contributed by atoms with Gasteiger partial charge in [0.05, 0.1) is 26.9 Å². The number of phenolic OH excluding ortho intramolecular Hbond substituents is 1. The lowest BCUT2D eigenvalue weighted by Crippen LogP contribution is -2.60. The molecule has 3 aromatic rings. The van der Waals surface area contributed by atoms with Crippen LogP contribution in [0.15, 0.2) is 39.5 Å². The first kappa shape index (κ1) is 41.7. The zero-order chi connectivity index (χ0) is 40.7. The summed E-state index contributed by atoms with van der Waals surface area (Å²) >= 11 is 0. The van der Waals surface area contributed by atoms with Gasteiger partial charge in [-0.25, -0.2) is 0 Å². The van der Waals surface area contributed by atoms with E-state index >= 15 is 0 Å². The summed E-state index contributed by atoms with van der Waals surface area (Å²) in [5.74, 6) is -2.71. The van der Waals surface area contributed by atoms with Crippen molar-refractivity contribution in [2.75, 3.05) is 26.9 Å². The predicted octanol–water partition coefficient (Wildman–Crippen LogP) is -5.29. The number of ether oxygens (including phenoxy) is 7. The van der Waals surface area contributed by atoms with Gasteiger partial charge in [-0.05, 0) is 18.2 Å². The standard InChI is InChI=1S/C34H42O22/c1-49-11-5-12(38)19-15(6-11)50-30(31(23(19)42)56-34-29(48)26(45)22(41)18(9-37)55-34)10-2-3-13(51-32-27(46)24(43)20(39)16(7-35)53-32)14(4-10)52-33-28(47)25(44)21(40)17(8-36)54-33/h2-6,16-18,20-22,24-29,32-41,43-48H,7-9H2,1H3/t16-,17+,18-,20+,21+,22-,24+,25-,26+,27-,28+,29-,32+,33+,34-/m0/s1. The SMILES string of the molecule is COc1cc(O)c2c(=O)c(O[C@@H]3O[C@@H](CO)[C@H](O)[C@@H](O)[C@@H]3O)c(-c3ccc(O[C@@H]4O[C@@H](CO)[C@@H](O)[C@@H](O)[C@@H]4O)c(O[C@@H]4O[C@H](CO)[C@@H](O)[C@H](O)[C@H]4O)c3)oc2c1. The van der Waals surface area contributed by atoms with Gasteiger partial charge < -0.3 is 104 Å². The first-order valence-corrected chi connectivity index (χ1v) is 17.1. The molecule has 0 saturated carbocycles. The molecule has 3 aliphatic rings. The smallest absolute Gasteiger partial charge is 0.239 e. The van der Waals surface area contributed by atoms with Gasteiger partial charge in [-0.3, -0.25) is 4.79 Å². The number of fused-ring (bicyclic) bond motifs is 1. The number of hydrogen-bond donors (Lipinski definition) is 13. The maximum absolute atomic E-state index is 14.1. The van der Waals surface area contributed by atoms with Crippen molar-refractivity contribution in [2.45, 2.75) is 92.1 Å². The molecule has 0 aliphatic carbocycles. The van der Waals surface area contributed by atoms with Crippen molar-refractivity contribution in [2.24, 2.45) is 0 Å². The lowest BCUT2D eigenvalue weighted by Gasteiger charge is -2.41. The van der Waals surface area contributed by atoms with Crippen LogP contribution >= 0.6 is 0 Å². The third-order valence-electron chi connectivity index (χ3n) is 9.61. The molecule has 0 radical (unpaired) electrons. The molecule has 15 atom stereocenters. The van der Waals surface area contributed by atoms with Crippen molar-refractivity contribution in [3.05, 3.63) is 40.6 Å². The van der Waals surface area contributed by atoms with Crippen LogP contribution in [0.2, 0.25) is 0 Å². The van der Waals surface area contributed by atoms with Crippen molar-refractivity contribution in [1.82, 2.24) is 0 Å². The maximum Gasteiger partial charge on any atom is 0.239 e. The normalized spacial score (nSPS) is 36.3. The summed E-state index contributed by atoms with van der Waals surface area (Å²) < 4.78 is 45.0. The van der Waals surface area contributed by atoms with E-state index in [1.54, 1.807) is 0 Å². The topological polar surface area (TPSA) is 358 Å². The van der Waals surface area contributed by atoms with Crippen LogP contribution in [0.25, 0.3) is 22.3 Å². The fourth-order valence-electron chi connectivity index (χ4n) is 6.37. The Morgan fingerprint density at radius 2 is 1.05 bits per heavy atom. The number of benzene rings is 2. The largest absolute Gasteiger partial charge is 0.507 e. The number of aliphatic hydroxyl groups excluding tert-OH is 12. The van der Waals surface area contributed by atoms with E-state index in [1.807, 2.05) is 0 Å². The molecule has 22 heteroatoms. The van der Waals surface area contributed by atoms with Gasteiger partial charge in [0.15, 0.2) is 17.3 Å². The van der Waals surface area contributed by atoms with Crippen LogP contribution in [0.5, 0.6) is 28.7 Å². The number of rotatable bonds is 11. The van der Waals surface area contributed by atoms with E-state index in [9.17, 15) is 71.2 Å². The quantitative estimate of drug-likeness (QED) is 0.0861. The molecular weight excluding hydrogens is 760 g/mol. The van der Waals surface area contributed by atoms with Gasteiger partial charge >= 0.3 is 0 Å². The van der Waals surface area contributed by atoms with Gasteiger partial charge in [-0.1, -0.05) is 0 Å². The summed E-state index contributed by atoms with van der Waals surface area (Å²) in [5.41, 5.74) is -1.51. The van der Waals surface area contributed by atoms with E-state index in [0.29, 0.717) is 0 Å². The first-order chi connectivity index (χ1) is 26.6. The molecule has 310 valence electrons. The zero-order valence-electron chi connectivity index (χ0n) is 29.2. The van der Waals surface area contributed by atoms with Gasteiger partial charge in [-0.2, -0.15) is 0 Å². The molecule has 3 fully saturated rings. The monoisotopic (exact) mass is 802 g/mol. The van der Waals surface area contributed by atoms with Crippen molar-refractivity contribution in [3.8, 4) is 40.1 Å². The lowest BCUT2D eigenvalue weighted by atomic mass is 9.99. The van der Waals surface area contributed by atoms with Crippen LogP contribution in [0.3, 0.4) is 0 Å². The summed E-state index contributed by atoms with van der Waals surface area (Å²) in [5, 5.41) is 134. The van der Waals surface area contributed by atoms with Crippen LogP contribution in [0.1, 0.15) is 0 Å². The average Bonchev–Trinajstić information content (AvgIpc) is 3.19. The number of aliphatic hydroxyl groups is 12. The molecule has 6 rings (SSSR count). The Hall–Kier alpha value is -3.95. The van der Waals surface area contributed by atoms with E-state index in [-0.39, 0.29) is 22.6 Å². The van der Waals surface area contributed by atoms with Crippen molar-refractivity contribution < 1.29 is 104 Å². The molecule has 4 heterocycles. The molecule has 22 nitrogen and oxygen atoms in total. The number of phenols is 1. The van der Waals surface area contributed by atoms with E-state index in [0.717, 1.165) is 18.2 Å². The summed E-state index contributed by atoms with van der Waals surface area (Å²) in [6.45, 7) is -2.49.